The van der Waals surface area contributed by atoms with Crippen molar-refractivity contribution in [3.05, 3.63) is 59.5 Å². The van der Waals surface area contributed by atoms with Gasteiger partial charge in [-0.05, 0) is 31.2 Å². The molecule has 6 nitrogen and oxygen atoms in total. The van der Waals surface area contributed by atoms with E-state index in [-0.39, 0.29) is 17.9 Å². The zero-order chi connectivity index (χ0) is 15.9. The lowest BCUT2D eigenvalue weighted by Crippen LogP contribution is -2.28. The Bertz CT molecular complexity index is 676. The highest BCUT2D eigenvalue weighted by Gasteiger charge is 2.12. The van der Waals surface area contributed by atoms with Crippen molar-refractivity contribution in [3.8, 4) is 0 Å². The van der Waals surface area contributed by atoms with Crippen molar-refractivity contribution < 1.29 is 23.5 Å². The SMILES string of the molecule is CC(=O)c1cccc(C(=O)OCC(=O)NCc2ccco2)c1. The van der Waals surface area contributed by atoms with Crippen molar-refractivity contribution in [1.29, 1.82) is 0 Å². The fourth-order valence-corrected chi connectivity index (χ4v) is 1.73. The molecule has 1 aromatic carbocycles. The number of carbonyl (C=O) groups is 3. The van der Waals surface area contributed by atoms with E-state index in [2.05, 4.69) is 5.32 Å². The van der Waals surface area contributed by atoms with Crippen molar-refractivity contribution in [2.24, 2.45) is 0 Å². The van der Waals surface area contributed by atoms with Crippen LogP contribution in [-0.4, -0.2) is 24.3 Å². The van der Waals surface area contributed by atoms with Crippen molar-refractivity contribution in [2.75, 3.05) is 6.61 Å². The monoisotopic (exact) mass is 301 g/mol. The van der Waals surface area contributed by atoms with Crippen LogP contribution in [0.25, 0.3) is 0 Å². The molecule has 0 saturated heterocycles. The summed E-state index contributed by atoms with van der Waals surface area (Å²) < 4.78 is 9.96. The molecule has 0 aliphatic rings. The molecule has 0 unspecified atom stereocenters. The minimum absolute atomic E-state index is 0.147. The van der Waals surface area contributed by atoms with Crippen LogP contribution in [0.5, 0.6) is 0 Å². The number of carbonyl (C=O) groups excluding carboxylic acids is 3. The first-order chi connectivity index (χ1) is 10.6. The fraction of sp³-hybridized carbons (Fsp3) is 0.188. The number of esters is 1. The predicted octanol–water partition coefficient (Wildman–Crippen LogP) is 1.96. The normalized spacial score (nSPS) is 10.0. The Labute approximate surface area is 127 Å². The summed E-state index contributed by atoms with van der Waals surface area (Å²) in [5, 5.41) is 2.56. The lowest BCUT2D eigenvalue weighted by Gasteiger charge is -2.06. The molecule has 0 atom stereocenters. The van der Waals surface area contributed by atoms with E-state index >= 15 is 0 Å². The van der Waals surface area contributed by atoms with E-state index in [1.807, 2.05) is 0 Å². The van der Waals surface area contributed by atoms with Crippen LogP contribution in [0.15, 0.2) is 47.1 Å². The van der Waals surface area contributed by atoms with Crippen LogP contribution in [0.4, 0.5) is 0 Å². The number of hydrogen-bond acceptors (Lipinski definition) is 5. The van der Waals surface area contributed by atoms with Crippen LogP contribution in [-0.2, 0) is 16.1 Å². The first-order valence-corrected chi connectivity index (χ1v) is 6.63. The third kappa shape index (κ3) is 4.31. The molecule has 114 valence electrons. The number of furan rings is 1. The van der Waals surface area contributed by atoms with Crippen LogP contribution >= 0.6 is 0 Å². The van der Waals surface area contributed by atoms with Crippen molar-refractivity contribution >= 4 is 17.7 Å². The van der Waals surface area contributed by atoms with E-state index < -0.39 is 18.5 Å². The van der Waals surface area contributed by atoms with E-state index in [9.17, 15) is 14.4 Å². The molecular weight excluding hydrogens is 286 g/mol. The summed E-state index contributed by atoms with van der Waals surface area (Å²) in [6.45, 7) is 1.24. The Kier molecular flexibility index (Phi) is 5.08. The standard InChI is InChI=1S/C16H15NO5/c1-11(18)12-4-2-5-13(8-12)16(20)22-10-15(19)17-9-14-6-3-7-21-14/h2-8H,9-10H2,1H3,(H,17,19). The summed E-state index contributed by atoms with van der Waals surface area (Å²) in [6, 6.07) is 9.59. The zero-order valence-electron chi connectivity index (χ0n) is 12.0. The van der Waals surface area contributed by atoms with Gasteiger partial charge in [0.15, 0.2) is 12.4 Å². The van der Waals surface area contributed by atoms with Gasteiger partial charge in [-0.3, -0.25) is 9.59 Å². The van der Waals surface area contributed by atoms with Gasteiger partial charge in [0, 0.05) is 5.56 Å². The molecule has 22 heavy (non-hydrogen) atoms. The quantitative estimate of drug-likeness (QED) is 0.651. The van der Waals surface area contributed by atoms with Gasteiger partial charge >= 0.3 is 5.97 Å². The maximum atomic E-state index is 11.8. The Hall–Kier alpha value is -2.89. The average Bonchev–Trinajstić information content (AvgIpc) is 3.04. The van der Waals surface area contributed by atoms with Crippen LogP contribution in [0, 0.1) is 0 Å². The first-order valence-electron chi connectivity index (χ1n) is 6.63. The zero-order valence-corrected chi connectivity index (χ0v) is 12.0. The number of Topliss-reactive ketones (excluding diaryl/α,β-unsaturated/α-hetero) is 1. The third-order valence-electron chi connectivity index (χ3n) is 2.88. The van der Waals surface area contributed by atoms with Crippen LogP contribution in [0.2, 0.25) is 0 Å². The largest absolute Gasteiger partial charge is 0.467 e. The molecule has 1 amide bonds. The number of nitrogens with one attached hydrogen (secondary N) is 1. The maximum Gasteiger partial charge on any atom is 0.338 e. The lowest BCUT2D eigenvalue weighted by atomic mass is 10.1. The molecule has 0 bridgehead atoms. The minimum Gasteiger partial charge on any atom is -0.467 e. The average molecular weight is 301 g/mol. The highest BCUT2D eigenvalue weighted by atomic mass is 16.5. The van der Waals surface area contributed by atoms with Crippen LogP contribution in [0.1, 0.15) is 33.4 Å². The highest BCUT2D eigenvalue weighted by molar-refractivity contribution is 5.98. The van der Waals surface area contributed by atoms with Crippen LogP contribution in [0.3, 0.4) is 0 Å². The van der Waals surface area contributed by atoms with Crippen molar-refractivity contribution in [1.82, 2.24) is 5.32 Å². The van der Waals surface area contributed by atoms with Gasteiger partial charge in [0.1, 0.15) is 5.76 Å². The van der Waals surface area contributed by atoms with Crippen molar-refractivity contribution in [2.45, 2.75) is 13.5 Å². The van der Waals surface area contributed by atoms with E-state index in [4.69, 9.17) is 9.15 Å². The molecule has 1 N–H and O–H groups in total. The van der Waals surface area contributed by atoms with Crippen LogP contribution < -0.4 is 5.32 Å². The first kappa shape index (κ1) is 15.5. The molecule has 2 rings (SSSR count). The van der Waals surface area contributed by atoms with E-state index in [1.165, 1.54) is 25.3 Å². The molecule has 0 aliphatic carbocycles. The summed E-state index contributed by atoms with van der Waals surface area (Å²) in [5.41, 5.74) is 0.642. The second-order valence-corrected chi connectivity index (χ2v) is 4.57. The van der Waals surface area contributed by atoms with Crippen molar-refractivity contribution in [3.63, 3.8) is 0 Å². The molecule has 0 fully saturated rings. The molecule has 1 aromatic heterocycles. The second kappa shape index (κ2) is 7.21. The number of hydrogen-bond donors (Lipinski definition) is 1. The third-order valence-corrected chi connectivity index (χ3v) is 2.88. The van der Waals surface area contributed by atoms with Gasteiger partial charge in [0.2, 0.25) is 0 Å². The number of amides is 1. The van der Waals surface area contributed by atoms with E-state index in [0.29, 0.717) is 11.3 Å². The van der Waals surface area contributed by atoms with Gasteiger partial charge < -0.3 is 14.5 Å². The van der Waals surface area contributed by atoms with Gasteiger partial charge in [-0.15, -0.1) is 0 Å². The molecular formula is C16H15NO5. The minimum atomic E-state index is -0.656. The van der Waals surface area contributed by atoms with Gasteiger partial charge in [-0.25, -0.2) is 4.79 Å². The fourth-order valence-electron chi connectivity index (χ4n) is 1.73. The predicted molar refractivity (Wildman–Crippen MR) is 77.3 cm³/mol. The summed E-state index contributed by atoms with van der Waals surface area (Å²) in [5.74, 6) is -0.636. The smallest absolute Gasteiger partial charge is 0.338 e. The number of ketones is 1. The Morgan fingerprint density at radius 3 is 2.59 bits per heavy atom. The number of benzene rings is 1. The van der Waals surface area contributed by atoms with Gasteiger partial charge in [-0.2, -0.15) is 0 Å². The Morgan fingerprint density at radius 1 is 1.14 bits per heavy atom. The summed E-state index contributed by atoms with van der Waals surface area (Å²) in [6.07, 6.45) is 1.50. The van der Waals surface area contributed by atoms with Gasteiger partial charge in [-0.1, -0.05) is 12.1 Å². The van der Waals surface area contributed by atoms with Gasteiger partial charge in [0.25, 0.3) is 5.91 Å². The van der Waals surface area contributed by atoms with E-state index in [0.717, 1.165) is 0 Å². The summed E-state index contributed by atoms with van der Waals surface area (Å²) >= 11 is 0. The number of rotatable bonds is 6. The number of ether oxygens (including phenoxy) is 1. The molecule has 0 radical (unpaired) electrons. The van der Waals surface area contributed by atoms with E-state index in [1.54, 1.807) is 24.3 Å². The molecule has 2 aromatic rings. The molecule has 0 aliphatic heterocycles. The highest BCUT2D eigenvalue weighted by Crippen LogP contribution is 2.07. The second-order valence-electron chi connectivity index (χ2n) is 4.57. The molecule has 0 spiro atoms. The summed E-state index contributed by atoms with van der Waals surface area (Å²) in [7, 11) is 0. The molecule has 1 heterocycles. The molecule has 0 saturated carbocycles. The Morgan fingerprint density at radius 2 is 1.91 bits per heavy atom. The van der Waals surface area contributed by atoms with Gasteiger partial charge in [0.05, 0.1) is 18.4 Å². The lowest BCUT2D eigenvalue weighted by molar-refractivity contribution is -0.124. The molecule has 6 heteroatoms. The summed E-state index contributed by atoms with van der Waals surface area (Å²) in [4.78, 5) is 34.6. The Balaban J connectivity index is 1.83. The topological polar surface area (TPSA) is 85.6 Å². The maximum absolute atomic E-state index is 11.8.